The van der Waals surface area contributed by atoms with Gasteiger partial charge in [-0.3, -0.25) is 14.5 Å². The van der Waals surface area contributed by atoms with Crippen molar-refractivity contribution in [1.29, 1.82) is 0 Å². The second kappa shape index (κ2) is 6.62. The summed E-state index contributed by atoms with van der Waals surface area (Å²) in [6, 6.07) is 4.40. The van der Waals surface area contributed by atoms with Gasteiger partial charge >= 0.3 is 0 Å². The lowest BCUT2D eigenvalue weighted by molar-refractivity contribution is -0.119. The first-order valence-corrected chi connectivity index (χ1v) is 10.9. The number of hydrogen-bond acceptors (Lipinski definition) is 5. The Labute approximate surface area is 168 Å². The fourth-order valence-electron chi connectivity index (χ4n) is 3.93. The SMILES string of the molecule is Cc1ccc(-c2nn(C(C)C)c3c2CCc2nc(CC(=O)C4CC4)sc2-3)cn1. The average molecular weight is 393 g/mol. The maximum absolute atomic E-state index is 12.3. The van der Waals surface area contributed by atoms with Crippen LogP contribution in [0.1, 0.15) is 54.7 Å². The Bertz CT molecular complexity index is 1060. The number of thiazole rings is 1. The molecule has 0 radical (unpaired) electrons. The minimum absolute atomic E-state index is 0.255. The van der Waals surface area contributed by atoms with E-state index < -0.39 is 0 Å². The topological polar surface area (TPSA) is 60.7 Å². The first-order valence-electron chi connectivity index (χ1n) is 10.1. The number of nitrogens with zero attached hydrogens (tertiary/aromatic N) is 4. The van der Waals surface area contributed by atoms with Gasteiger partial charge in [-0.1, -0.05) is 0 Å². The van der Waals surface area contributed by atoms with Crippen LogP contribution in [0.4, 0.5) is 0 Å². The van der Waals surface area contributed by atoms with Gasteiger partial charge in [0.15, 0.2) is 0 Å². The van der Waals surface area contributed by atoms with Gasteiger partial charge in [0.05, 0.1) is 28.4 Å². The predicted octanol–water partition coefficient (Wildman–Crippen LogP) is 4.58. The lowest BCUT2D eigenvalue weighted by Gasteiger charge is -2.16. The highest BCUT2D eigenvalue weighted by molar-refractivity contribution is 7.15. The highest BCUT2D eigenvalue weighted by Crippen LogP contribution is 2.43. The van der Waals surface area contributed by atoms with Crippen LogP contribution in [0.5, 0.6) is 0 Å². The lowest BCUT2D eigenvalue weighted by Crippen LogP contribution is -2.09. The van der Waals surface area contributed by atoms with Crippen molar-refractivity contribution in [1.82, 2.24) is 19.7 Å². The number of fused-ring (bicyclic) bond motifs is 3. The molecule has 28 heavy (non-hydrogen) atoms. The molecule has 5 rings (SSSR count). The van der Waals surface area contributed by atoms with Crippen LogP contribution in [-0.4, -0.2) is 25.5 Å². The van der Waals surface area contributed by atoms with Gasteiger partial charge in [-0.25, -0.2) is 4.98 Å². The molecular weight excluding hydrogens is 368 g/mol. The van der Waals surface area contributed by atoms with Crippen molar-refractivity contribution in [3.8, 4) is 21.8 Å². The van der Waals surface area contributed by atoms with Crippen LogP contribution >= 0.6 is 11.3 Å². The largest absolute Gasteiger partial charge is 0.299 e. The number of pyridine rings is 1. The maximum Gasteiger partial charge on any atom is 0.142 e. The Morgan fingerprint density at radius 1 is 1.29 bits per heavy atom. The summed E-state index contributed by atoms with van der Waals surface area (Å²) < 4.78 is 2.13. The van der Waals surface area contributed by atoms with Crippen molar-refractivity contribution in [2.24, 2.45) is 5.92 Å². The Balaban J connectivity index is 1.59. The van der Waals surface area contributed by atoms with E-state index in [4.69, 9.17) is 10.1 Å². The molecule has 0 atom stereocenters. The Kier molecular flexibility index (Phi) is 4.19. The average Bonchev–Trinajstić information content (AvgIpc) is 3.33. The zero-order valence-electron chi connectivity index (χ0n) is 16.5. The molecule has 0 spiro atoms. The Morgan fingerprint density at radius 2 is 2.11 bits per heavy atom. The van der Waals surface area contributed by atoms with Crippen molar-refractivity contribution >= 4 is 17.1 Å². The first-order chi connectivity index (χ1) is 13.5. The molecule has 5 nitrogen and oxygen atoms in total. The van der Waals surface area contributed by atoms with E-state index in [9.17, 15) is 4.79 Å². The number of rotatable bonds is 5. The number of carbonyl (C=O) groups is 1. The standard InChI is InChI=1S/C22H24N4OS/c1-12(2)26-21-16(20(25-26)15-5-4-13(3)23-11-15)8-9-17-22(21)28-19(24-17)10-18(27)14-6-7-14/h4-5,11-12,14H,6-10H2,1-3H3. The van der Waals surface area contributed by atoms with Gasteiger partial charge < -0.3 is 0 Å². The third-order valence-corrected chi connectivity index (χ3v) is 6.71. The molecule has 2 aliphatic rings. The summed E-state index contributed by atoms with van der Waals surface area (Å²) in [5.74, 6) is 0.647. The Hall–Kier alpha value is -2.34. The van der Waals surface area contributed by atoms with Crippen LogP contribution in [0.3, 0.4) is 0 Å². The minimum Gasteiger partial charge on any atom is -0.299 e. The van der Waals surface area contributed by atoms with Crippen molar-refractivity contribution in [3.05, 3.63) is 40.3 Å². The molecule has 3 aromatic heterocycles. The molecule has 3 heterocycles. The van der Waals surface area contributed by atoms with E-state index in [1.165, 1.54) is 16.1 Å². The van der Waals surface area contributed by atoms with E-state index in [1.807, 2.05) is 19.2 Å². The first kappa shape index (κ1) is 17.7. The van der Waals surface area contributed by atoms with Gasteiger partial charge in [0, 0.05) is 35.0 Å². The summed E-state index contributed by atoms with van der Waals surface area (Å²) in [5.41, 5.74) is 6.72. The number of ketones is 1. The smallest absolute Gasteiger partial charge is 0.142 e. The van der Waals surface area contributed by atoms with Crippen molar-refractivity contribution in [3.63, 3.8) is 0 Å². The van der Waals surface area contributed by atoms with Crippen LogP contribution in [0.2, 0.25) is 0 Å². The van der Waals surface area contributed by atoms with Crippen LogP contribution in [-0.2, 0) is 24.1 Å². The molecule has 0 saturated heterocycles. The molecule has 144 valence electrons. The van der Waals surface area contributed by atoms with E-state index in [2.05, 4.69) is 29.6 Å². The van der Waals surface area contributed by atoms with E-state index in [0.29, 0.717) is 18.1 Å². The summed E-state index contributed by atoms with van der Waals surface area (Å²) >= 11 is 1.69. The molecule has 1 saturated carbocycles. The zero-order chi connectivity index (χ0) is 19.4. The number of Topliss-reactive ketones (excluding diaryl/α,β-unsaturated/α-hetero) is 1. The fourth-order valence-corrected chi connectivity index (χ4v) is 5.12. The molecule has 2 aliphatic carbocycles. The van der Waals surface area contributed by atoms with Gasteiger partial charge in [0.2, 0.25) is 0 Å². The predicted molar refractivity (Wildman–Crippen MR) is 111 cm³/mol. The van der Waals surface area contributed by atoms with Crippen LogP contribution in [0.25, 0.3) is 21.8 Å². The molecule has 0 aromatic carbocycles. The monoisotopic (exact) mass is 392 g/mol. The Morgan fingerprint density at radius 3 is 2.79 bits per heavy atom. The summed E-state index contributed by atoms with van der Waals surface area (Å²) in [7, 11) is 0. The second-order valence-electron chi connectivity index (χ2n) is 8.20. The molecular formula is C22H24N4OS. The van der Waals surface area contributed by atoms with Gasteiger partial charge in [0.1, 0.15) is 10.8 Å². The summed E-state index contributed by atoms with van der Waals surface area (Å²) in [6.45, 7) is 6.33. The van der Waals surface area contributed by atoms with E-state index in [-0.39, 0.29) is 6.04 Å². The van der Waals surface area contributed by atoms with Crippen LogP contribution in [0, 0.1) is 12.8 Å². The van der Waals surface area contributed by atoms with Gasteiger partial charge in [-0.2, -0.15) is 5.10 Å². The molecule has 0 unspecified atom stereocenters. The molecule has 0 aliphatic heterocycles. The van der Waals surface area contributed by atoms with E-state index >= 15 is 0 Å². The zero-order valence-corrected chi connectivity index (χ0v) is 17.3. The van der Waals surface area contributed by atoms with Crippen molar-refractivity contribution in [2.45, 2.75) is 58.9 Å². The normalized spacial score (nSPS) is 15.6. The third-order valence-electron chi connectivity index (χ3n) is 5.61. The maximum atomic E-state index is 12.3. The second-order valence-corrected chi connectivity index (χ2v) is 9.29. The van der Waals surface area contributed by atoms with Gasteiger partial charge in [-0.05, 0) is 58.6 Å². The van der Waals surface area contributed by atoms with E-state index in [1.54, 1.807) is 11.3 Å². The van der Waals surface area contributed by atoms with Crippen LogP contribution in [0.15, 0.2) is 18.3 Å². The van der Waals surface area contributed by atoms with Gasteiger partial charge in [0.25, 0.3) is 0 Å². The summed E-state index contributed by atoms with van der Waals surface area (Å²) in [5, 5.41) is 5.95. The number of hydrogen-bond donors (Lipinski definition) is 0. The highest BCUT2D eigenvalue weighted by Gasteiger charge is 2.32. The molecule has 0 bridgehead atoms. The van der Waals surface area contributed by atoms with Crippen LogP contribution < -0.4 is 0 Å². The molecule has 0 N–H and O–H groups in total. The molecule has 1 fully saturated rings. The number of aromatic nitrogens is 4. The minimum atomic E-state index is 0.255. The van der Waals surface area contributed by atoms with Crippen molar-refractivity contribution < 1.29 is 4.79 Å². The third kappa shape index (κ3) is 3.00. The van der Waals surface area contributed by atoms with E-state index in [0.717, 1.165) is 53.3 Å². The van der Waals surface area contributed by atoms with Gasteiger partial charge in [-0.15, -0.1) is 11.3 Å². The fraction of sp³-hybridized carbons (Fsp3) is 0.455. The molecule has 6 heteroatoms. The number of aryl methyl sites for hydroxylation is 2. The summed E-state index contributed by atoms with van der Waals surface area (Å²) in [4.78, 5) is 22.8. The summed E-state index contributed by atoms with van der Waals surface area (Å²) in [6.07, 6.45) is 6.36. The highest BCUT2D eigenvalue weighted by atomic mass is 32.1. The lowest BCUT2D eigenvalue weighted by atomic mass is 9.95. The quantitative estimate of drug-likeness (QED) is 0.638. The molecule has 0 amide bonds. The molecule has 3 aromatic rings. The van der Waals surface area contributed by atoms with Crippen molar-refractivity contribution in [2.75, 3.05) is 0 Å². The number of carbonyl (C=O) groups excluding carboxylic acids is 1.